The van der Waals surface area contributed by atoms with Crippen LogP contribution in [-0.4, -0.2) is 85.7 Å². The van der Waals surface area contributed by atoms with Gasteiger partial charge in [0.2, 0.25) is 0 Å². The van der Waals surface area contributed by atoms with Crippen LogP contribution in [0.5, 0.6) is 0 Å². The summed E-state index contributed by atoms with van der Waals surface area (Å²) in [4.78, 5) is 17.1. The first kappa shape index (κ1) is 24.5. The van der Waals surface area contributed by atoms with Gasteiger partial charge in [-0.2, -0.15) is 0 Å². The summed E-state index contributed by atoms with van der Waals surface area (Å²) in [6.07, 6.45) is 8.70. The molecule has 3 aliphatic rings. The first-order chi connectivity index (χ1) is 14.7. The summed E-state index contributed by atoms with van der Waals surface area (Å²) >= 11 is 0. The molecule has 2 aliphatic heterocycles. The summed E-state index contributed by atoms with van der Waals surface area (Å²) in [6.45, 7) is 10.3. The van der Waals surface area contributed by atoms with Crippen LogP contribution in [0.25, 0.3) is 0 Å². The van der Waals surface area contributed by atoms with Gasteiger partial charge in [0.15, 0.2) is 5.96 Å². The normalized spacial score (nSPS) is 23.7. The van der Waals surface area contributed by atoms with Crippen molar-refractivity contribution in [1.82, 2.24) is 25.4 Å². The highest BCUT2D eigenvalue weighted by atomic mass is 127. The second-order valence-corrected chi connectivity index (χ2v) is 9.03. The number of halogens is 1. The van der Waals surface area contributed by atoms with Gasteiger partial charge in [-0.1, -0.05) is 18.9 Å². The Hall–Kier alpha value is -1.13. The highest BCUT2D eigenvalue weighted by Crippen LogP contribution is 2.26. The van der Waals surface area contributed by atoms with Crippen LogP contribution in [0.3, 0.4) is 0 Å². The molecule has 2 N–H and O–H groups in total. The number of hydrogen-bond donors (Lipinski definition) is 2. The third-order valence-electron chi connectivity index (χ3n) is 6.82. The Bertz CT molecular complexity index is 699. The van der Waals surface area contributed by atoms with Gasteiger partial charge in [0.1, 0.15) is 5.82 Å². The van der Waals surface area contributed by atoms with Crippen LogP contribution >= 0.6 is 24.0 Å². The first-order valence-electron chi connectivity index (χ1n) is 11.9. The molecule has 3 fully saturated rings. The molecule has 0 bridgehead atoms. The van der Waals surface area contributed by atoms with E-state index in [4.69, 9.17) is 9.98 Å². The summed E-state index contributed by atoms with van der Waals surface area (Å²) in [7, 11) is 2.19. The minimum absolute atomic E-state index is 0. The summed E-state index contributed by atoms with van der Waals surface area (Å²) in [5, 5.41) is 7.15. The number of pyridine rings is 1. The molecule has 174 valence electrons. The van der Waals surface area contributed by atoms with Gasteiger partial charge in [-0.3, -0.25) is 4.90 Å². The number of rotatable bonds is 6. The Labute approximate surface area is 205 Å². The molecule has 7 nitrogen and oxygen atoms in total. The molecule has 3 heterocycles. The van der Waals surface area contributed by atoms with Gasteiger partial charge in [0.05, 0.1) is 6.54 Å². The monoisotopic (exact) mass is 541 g/mol. The number of nitrogens with zero attached hydrogens (tertiary/aromatic N) is 5. The van der Waals surface area contributed by atoms with Crippen molar-refractivity contribution in [2.75, 3.05) is 57.8 Å². The van der Waals surface area contributed by atoms with Gasteiger partial charge in [0.25, 0.3) is 0 Å². The van der Waals surface area contributed by atoms with Crippen LogP contribution < -0.4 is 15.5 Å². The maximum Gasteiger partial charge on any atom is 0.191 e. The maximum atomic E-state index is 4.94. The molecule has 4 rings (SSSR count). The predicted molar refractivity (Wildman–Crippen MR) is 140 cm³/mol. The van der Waals surface area contributed by atoms with Gasteiger partial charge in [-0.05, 0) is 39.3 Å². The zero-order valence-corrected chi connectivity index (χ0v) is 21.6. The summed E-state index contributed by atoms with van der Waals surface area (Å²) < 4.78 is 0. The molecule has 1 aromatic heterocycles. The molecule has 1 saturated carbocycles. The molecule has 0 aromatic carbocycles. The number of likely N-dealkylation sites (tertiary alicyclic amines) is 1. The summed E-state index contributed by atoms with van der Waals surface area (Å²) in [5.41, 5.74) is 1.21. The topological polar surface area (TPSA) is 59.0 Å². The van der Waals surface area contributed by atoms with Crippen LogP contribution in [0.4, 0.5) is 5.82 Å². The third kappa shape index (κ3) is 6.68. The van der Waals surface area contributed by atoms with Crippen molar-refractivity contribution in [3.63, 3.8) is 0 Å². The summed E-state index contributed by atoms with van der Waals surface area (Å²) in [6, 6.07) is 5.51. The van der Waals surface area contributed by atoms with Crippen molar-refractivity contribution in [1.29, 1.82) is 0 Å². The number of aliphatic imine (C=N–C) groups is 1. The molecular weight excluding hydrogens is 501 g/mol. The van der Waals surface area contributed by atoms with Crippen molar-refractivity contribution in [2.45, 2.75) is 57.7 Å². The number of nitrogens with one attached hydrogen (secondary N) is 2. The van der Waals surface area contributed by atoms with E-state index in [1.54, 1.807) is 0 Å². The molecule has 31 heavy (non-hydrogen) atoms. The van der Waals surface area contributed by atoms with Crippen LogP contribution in [0.2, 0.25) is 0 Å². The van der Waals surface area contributed by atoms with Crippen molar-refractivity contribution < 1.29 is 0 Å². The number of aromatic nitrogens is 1. The van der Waals surface area contributed by atoms with E-state index in [2.05, 4.69) is 45.4 Å². The van der Waals surface area contributed by atoms with E-state index in [0.29, 0.717) is 12.6 Å². The van der Waals surface area contributed by atoms with E-state index >= 15 is 0 Å². The number of likely N-dealkylation sites (N-methyl/N-ethyl adjacent to an activating group) is 1. The van der Waals surface area contributed by atoms with E-state index in [9.17, 15) is 0 Å². The Kier molecular flexibility index (Phi) is 9.65. The molecule has 0 amide bonds. The van der Waals surface area contributed by atoms with E-state index in [1.165, 1.54) is 44.2 Å². The van der Waals surface area contributed by atoms with Crippen molar-refractivity contribution >= 4 is 35.8 Å². The molecule has 1 aliphatic carbocycles. The Balaban J connectivity index is 0.00000272. The van der Waals surface area contributed by atoms with E-state index in [0.717, 1.165) is 57.1 Å². The zero-order valence-electron chi connectivity index (χ0n) is 19.2. The van der Waals surface area contributed by atoms with Crippen molar-refractivity contribution in [3.8, 4) is 0 Å². The average Bonchev–Trinajstić information content (AvgIpc) is 3.45. The minimum Gasteiger partial charge on any atom is -0.357 e. The van der Waals surface area contributed by atoms with Crippen LogP contribution in [0, 0.1) is 0 Å². The lowest BCUT2D eigenvalue weighted by Crippen LogP contribution is -2.45. The zero-order chi connectivity index (χ0) is 20.8. The molecule has 2 saturated heterocycles. The molecule has 1 unspecified atom stereocenters. The maximum absolute atomic E-state index is 4.94. The summed E-state index contributed by atoms with van der Waals surface area (Å²) in [5.74, 6) is 2.03. The van der Waals surface area contributed by atoms with Crippen LogP contribution in [-0.2, 0) is 6.54 Å². The quantitative estimate of drug-likeness (QED) is 0.328. The predicted octanol–water partition coefficient (Wildman–Crippen LogP) is 2.52. The van der Waals surface area contributed by atoms with Gasteiger partial charge in [-0.15, -0.1) is 24.0 Å². The fraction of sp³-hybridized carbons (Fsp3) is 0.739. The fourth-order valence-corrected chi connectivity index (χ4v) is 5.04. The van der Waals surface area contributed by atoms with E-state index in [1.807, 2.05) is 12.3 Å². The van der Waals surface area contributed by atoms with E-state index < -0.39 is 0 Å². The molecule has 8 heteroatoms. The lowest BCUT2D eigenvalue weighted by molar-refractivity contribution is 0.242. The lowest BCUT2D eigenvalue weighted by Gasteiger charge is -2.34. The van der Waals surface area contributed by atoms with Gasteiger partial charge in [0, 0.05) is 69.7 Å². The Morgan fingerprint density at radius 3 is 2.65 bits per heavy atom. The Morgan fingerprint density at radius 2 is 1.90 bits per heavy atom. The molecule has 0 radical (unpaired) electrons. The number of anilines is 1. The molecule has 1 aromatic rings. The molecular formula is C23H40IN7. The minimum atomic E-state index is 0. The van der Waals surface area contributed by atoms with Gasteiger partial charge in [-0.25, -0.2) is 9.98 Å². The first-order valence-corrected chi connectivity index (χ1v) is 11.9. The Morgan fingerprint density at radius 1 is 1.13 bits per heavy atom. The second-order valence-electron chi connectivity index (χ2n) is 9.03. The number of hydrogen-bond acceptors (Lipinski definition) is 5. The standard InChI is InChI=1S/C23H39N7.HI/c1-3-24-23(27-20-10-12-30(18-20)21-8-4-5-9-21)26-17-19-7-6-11-25-22(19)29-15-13-28(2)14-16-29;/h6-7,11,20-21H,3-5,8-10,12-18H2,1-2H3,(H2,24,26,27);1H. The lowest BCUT2D eigenvalue weighted by atomic mass is 10.2. The highest BCUT2D eigenvalue weighted by molar-refractivity contribution is 14.0. The van der Waals surface area contributed by atoms with Crippen LogP contribution in [0.1, 0.15) is 44.6 Å². The average molecular weight is 542 g/mol. The van der Waals surface area contributed by atoms with Crippen molar-refractivity contribution in [3.05, 3.63) is 23.9 Å². The highest BCUT2D eigenvalue weighted by Gasteiger charge is 2.30. The number of piperazine rings is 1. The van der Waals surface area contributed by atoms with Gasteiger partial charge < -0.3 is 20.4 Å². The molecule has 1 atom stereocenters. The molecule has 0 spiro atoms. The van der Waals surface area contributed by atoms with E-state index in [-0.39, 0.29) is 24.0 Å². The second kappa shape index (κ2) is 12.2. The SMILES string of the molecule is CCNC(=NCc1cccnc1N1CCN(C)CC1)NC1CCN(C2CCCC2)C1.I. The fourth-order valence-electron chi connectivity index (χ4n) is 5.04. The third-order valence-corrected chi connectivity index (χ3v) is 6.82. The number of guanidine groups is 1. The van der Waals surface area contributed by atoms with Gasteiger partial charge >= 0.3 is 0 Å². The largest absolute Gasteiger partial charge is 0.357 e. The van der Waals surface area contributed by atoms with Crippen molar-refractivity contribution in [2.24, 2.45) is 4.99 Å². The smallest absolute Gasteiger partial charge is 0.191 e. The van der Waals surface area contributed by atoms with Crippen LogP contribution in [0.15, 0.2) is 23.3 Å².